The molecule has 9 heteroatoms. The maximum absolute atomic E-state index is 13.2. The monoisotopic (exact) mass is 585 g/mol. The summed E-state index contributed by atoms with van der Waals surface area (Å²) in [7, 11) is 0. The van der Waals surface area contributed by atoms with E-state index < -0.39 is 5.91 Å². The lowest BCUT2D eigenvalue weighted by molar-refractivity contribution is -0.116. The molecule has 228 valence electrons. The molecular weight excluding hydrogens is 542 g/mol. The largest absolute Gasteiger partial charge is 0.494 e. The van der Waals surface area contributed by atoms with Crippen LogP contribution in [-0.4, -0.2) is 40.8 Å². The molecule has 1 aliphatic rings. The van der Waals surface area contributed by atoms with Gasteiger partial charge in [0.15, 0.2) is 5.82 Å². The van der Waals surface area contributed by atoms with Crippen molar-refractivity contribution in [1.82, 2.24) is 15.3 Å². The summed E-state index contributed by atoms with van der Waals surface area (Å²) in [4.78, 5) is 49.0. The van der Waals surface area contributed by atoms with Gasteiger partial charge in [-0.25, -0.2) is 9.97 Å². The van der Waals surface area contributed by atoms with Crippen LogP contribution in [-0.2, 0) is 11.2 Å². The number of hydrogen-bond acceptors (Lipinski definition) is 6. The van der Waals surface area contributed by atoms with E-state index in [2.05, 4.69) is 22.2 Å². The van der Waals surface area contributed by atoms with Crippen molar-refractivity contribution in [3.63, 3.8) is 0 Å². The van der Waals surface area contributed by atoms with Gasteiger partial charge < -0.3 is 15.8 Å². The van der Waals surface area contributed by atoms with Gasteiger partial charge in [0.25, 0.3) is 11.8 Å². The number of unbranched alkanes of at least 4 members (excludes halogenated alkanes) is 9. The van der Waals surface area contributed by atoms with Gasteiger partial charge in [0.05, 0.1) is 18.7 Å². The zero-order valence-corrected chi connectivity index (χ0v) is 25.4. The maximum atomic E-state index is 13.2. The maximum Gasteiger partial charge on any atom is 0.267 e. The summed E-state index contributed by atoms with van der Waals surface area (Å²) >= 11 is 0. The second-order valence-electron chi connectivity index (χ2n) is 10.9. The summed E-state index contributed by atoms with van der Waals surface area (Å²) in [5.74, 6) is 0.0447. The van der Waals surface area contributed by atoms with Crippen molar-refractivity contribution in [3.8, 4) is 17.1 Å². The zero-order valence-electron chi connectivity index (χ0n) is 25.4. The highest BCUT2D eigenvalue weighted by Crippen LogP contribution is 2.37. The van der Waals surface area contributed by atoms with E-state index in [1.807, 2.05) is 6.92 Å². The number of carbonyl (C=O) groups excluding carboxylic acids is 3. The first-order valence-electron chi connectivity index (χ1n) is 15.6. The lowest BCUT2D eigenvalue weighted by atomic mass is 10.1. The molecule has 0 bridgehead atoms. The first-order chi connectivity index (χ1) is 20.9. The average Bonchev–Trinajstić information content (AvgIpc) is 3.35. The Kier molecular flexibility index (Phi) is 11.6. The van der Waals surface area contributed by atoms with E-state index >= 15 is 0 Å². The van der Waals surface area contributed by atoms with Crippen LogP contribution in [0.1, 0.15) is 104 Å². The molecule has 0 atom stereocenters. The molecule has 3 N–H and O–H groups in total. The summed E-state index contributed by atoms with van der Waals surface area (Å²) in [5, 5.41) is 3.00. The minimum atomic E-state index is -0.736. The van der Waals surface area contributed by atoms with Crippen LogP contribution >= 0.6 is 0 Å². The molecule has 43 heavy (non-hydrogen) atoms. The van der Waals surface area contributed by atoms with Crippen LogP contribution in [0.3, 0.4) is 0 Å². The van der Waals surface area contributed by atoms with Crippen LogP contribution in [0, 0.1) is 0 Å². The standard InChI is InChI=1S/C34H43N5O4/c1-3-5-6-7-8-9-10-11-12-13-21-36-34(42)25-15-14-16-26(22-25)39-29(40)23-28-30(31(35)41)37-32(38-33(28)39)24-17-19-27(20-18-24)43-4-2/h14-20,22H,3-13,21,23H2,1-2H3,(H2,35,41)(H,36,42). The van der Waals surface area contributed by atoms with Gasteiger partial charge in [-0.2, -0.15) is 0 Å². The van der Waals surface area contributed by atoms with Gasteiger partial charge in [-0.05, 0) is 55.8 Å². The second-order valence-corrected chi connectivity index (χ2v) is 10.9. The predicted octanol–water partition coefficient (Wildman–Crippen LogP) is 6.51. The highest BCUT2D eigenvalue weighted by atomic mass is 16.5. The molecule has 3 aromatic rings. The van der Waals surface area contributed by atoms with E-state index in [4.69, 9.17) is 10.5 Å². The van der Waals surface area contributed by atoms with Gasteiger partial charge in [-0.3, -0.25) is 19.3 Å². The lowest BCUT2D eigenvalue weighted by Gasteiger charge is -2.18. The molecule has 0 saturated carbocycles. The van der Waals surface area contributed by atoms with Crippen LogP contribution in [0.4, 0.5) is 11.5 Å². The third kappa shape index (κ3) is 8.40. The molecule has 0 saturated heterocycles. The third-order valence-corrected chi connectivity index (χ3v) is 7.61. The van der Waals surface area contributed by atoms with Crippen molar-refractivity contribution in [1.29, 1.82) is 0 Å². The Balaban J connectivity index is 1.42. The molecule has 0 unspecified atom stereocenters. The van der Waals surface area contributed by atoms with Crippen molar-refractivity contribution >= 4 is 29.2 Å². The number of rotatable bonds is 17. The number of aromatic nitrogens is 2. The van der Waals surface area contributed by atoms with Crippen LogP contribution in [0.25, 0.3) is 11.4 Å². The van der Waals surface area contributed by atoms with E-state index in [1.54, 1.807) is 48.5 Å². The van der Waals surface area contributed by atoms with Crippen molar-refractivity contribution in [2.45, 2.75) is 84.5 Å². The molecule has 0 fully saturated rings. The van der Waals surface area contributed by atoms with Gasteiger partial charge >= 0.3 is 0 Å². The second kappa shape index (κ2) is 15.8. The first kappa shape index (κ1) is 31.7. The molecule has 1 aromatic heterocycles. The molecule has 2 heterocycles. The van der Waals surface area contributed by atoms with Crippen LogP contribution in [0.15, 0.2) is 48.5 Å². The summed E-state index contributed by atoms with van der Waals surface area (Å²) < 4.78 is 5.52. The summed E-state index contributed by atoms with van der Waals surface area (Å²) in [6, 6.07) is 14.0. The molecule has 3 amide bonds. The number of carbonyl (C=O) groups is 3. The average molecular weight is 586 g/mol. The molecule has 2 aromatic carbocycles. The summed E-state index contributed by atoms with van der Waals surface area (Å²) in [6.45, 7) is 5.28. The van der Waals surface area contributed by atoms with Gasteiger partial charge in [0.2, 0.25) is 5.91 Å². The summed E-state index contributed by atoms with van der Waals surface area (Å²) in [5.41, 5.74) is 7.64. The van der Waals surface area contributed by atoms with Crippen LogP contribution in [0.5, 0.6) is 5.75 Å². The fraction of sp³-hybridized carbons (Fsp3) is 0.441. The normalized spacial score (nSPS) is 12.3. The number of hydrogen-bond donors (Lipinski definition) is 2. The van der Waals surface area contributed by atoms with E-state index in [0.717, 1.165) is 12.8 Å². The fourth-order valence-corrected chi connectivity index (χ4v) is 5.34. The number of anilines is 2. The SMILES string of the molecule is CCCCCCCCCCCCNC(=O)c1cccc(N2C(=O)Cc3c(C(N)=O)nc(-c4ccc(OCC)cc4)nc32)c1. The van der Waals surface area contributed by atoms with Gasteiger partial charge in [0, 0.05) is 23.2 Å². The van der Waals surface area contributed by atoms with Crippen molar-refractivity contribution in [2.75, 3.05) is 18.1 Å². The number of primary amides is 1. The molecule has 9 nitrogen and oxygen atoms in total. The molecule has 0 radical (unpaired) electrons. The minimum absolute atomic E-state index is 0.00938. The number of nitrogens with two attached hydrogens (primary N) is 1. The Bertz CT molecular complexity index is 1410. The quantitative estimate of drug-likeness (QED) is 0.174. The van der Waals surface area contributed by atoms with E-state index in [9.17, 15) is 14.4 Å². The van der Waals surface area contributed by atoms with Crippen molar-refractivity contribution in [3.05, 3.63) is 65.4 Å². The molecule has 4 rings (SSSR count). The van der Waals surface area contributed by atoms with Crippen LogP contribution in [0.2, 0.25) is 0 Å². The number of amides is 3. The summed E-state index contributed by atoms with van der Waals surface area (Å²) in [6.07, 6.45) is 12.3. The van der Waals surface area contributed by atoms with E-state index in [1.165, 1.54) is 56.3 Å². The first-order valence-corrected chi connectivity index (χ1v) is 15.6. The fourth-order valence-electron chi connectivity index (χ4n) is 5.34. The molecular formula is C34H43N5O4. The Morgan fingerprint density at radius 3 is 2.23 bits per heavy atom. The third-order valence-electron chi connectivity index (χ3n) is 7.61. The lowest BCUT2D eigenvalue weighted by Crippen LogP contribution is -2.25. The number of fused-ring (bicyclic) bond motifs is 1. The Hall–Kier alpha value is -4.27. The van der Waals surface area contributed by atoms with Crippen molar-refractivity contribution in [2.24, 2.45) is 5.73 Å². The number of nitrogens with zero attached hydrogens (tertiary/aromatic N) is 3. The number of benzene rings is 2. The Labute approximate surface area is 254 Å². The zero-order chi connectivity index (χ0) is 30.6. The molecule has 0 aliphatic carbocycles. The van der Waals surface area contributed by atoms with Gasteiger partial charge in [-0.15, -0.1) is 0 Å². The topological polar surface area (TPSA) is 128 Å². The smallest absolute Gasteiger partial charge is 0.267 e. The molecule has 0 spiro atoms. The predicted molar refractivity (Wildman–Crippen MR) is 169 cm³/mol. The van der Waals surface area contributed by atoms with E-state index in [0.29, 0.717) is 47.1 Å². The minimum Gasteiger partial charge on any atom is -0.494 e. The highest BCUT2D eigenvalue weighted by molar-refractivity contribution is 6.10. The van der Waals surface area contributed by atoms with Gasteiger partial charge in [-0.1, -0.05) is 70.8 Å². The Morgan fingerprint density at radius 2 is 1.58 bits per heavy atom. The Morgan fingerprint density at radius 1 is 0.907 bits per heavy atom. The van der Waals surface area contributed by atoms with Crippen LogP contribution < -0.4 is 20.7 Å². The molecule has 1 aliphatic heterocycles. The van der Waals surface area contributed by atoms with Crippen molar-refractivity contribution < 1.29 is 19.1 Å². The van der Waals surface area contributed by atoms with E-state index in [-0.39, 0.29) is 29.8 Å². The number of ether oxygens (including phenoxy) is 1. The highest BCUT2D eigenvalue weighted by Gasteiger charge is 2.35. The number of nitrogens with one attached hydrogen (secondary N) is 1. The van der Waals surface area contributed by atoms with Gasteiger partial charge in [0.1, 0.15) is 17.3 Å².